The topological polar surface area (TPSA) is 46.6 Å². The first-order valence-corrected chi connectivity index (χ1v) is 7.70. The van der Waals surface area contributed by atoms with E-state index in [9.17, 15) is 9.59 Å². The Morgan fingerprint density at radius 3 is 2.00 bits per heavy atom. The third kappa shape index (κ3) is 1.51. The van der Waals surface area contributed by atoms with Crippen LogP contribution in [0, 0.1) is 11.8 Å². The van der Waals surface area contributed by atoms with Crippen LogP contribution in [0.5, 0.6) is 0 Å². The molecule has 2 saturated heterocycles. The van der Waals surface area contributed by atoms with Crippen molar-refractivity contribution >= 4 is 11.8 Å². The Labute approximate surface area is 129 Å². The van der Waals surface area contributed by atoms with Crippen molar-refractivity contribution in [1.29, 1.82) is 0 Å². The van der Waals surface area contributed by atoms with Crippen molar-refractivity contribution in [3.8, 4) is 0 Å². The summed E-state index contributed by atoms with van der Waals surface area (Å²) in [7, 11) is 0. The summed E-state index contributed by atoms with van der Waals surface area (Å²) in [6.45, 7) is 5.72. The lowest BCUT2D eigenvalue weighted by Gasteiger charge is -2.29. The summed E-state index contributed by atoms with van der Waals surface area (Å²) in [5.41, 5.74) is -0.338. The number of carbonyl (C=O) groups excluding carboxylic acids is 2. The smallest absolute Gasteiger partial charge is 0.237 e. The summed E-state index contributed by atoms with van der Waals surface area (Å²) >= 11 is 0. The van der Waals surface area contributed by atoms with Crippen LogP contribution in [0.4, 0.5) is 0 Å². The lowest BCUT2D eigenvalue weighted by molar-refractivity contribution is -0.148. The number of hydrogen-bond acceptors (Lipinski definition) is 3. The van der Waals surface area contributed by atoms with E-state index in [2.05, 4.69) is 0 Å². The zero-order chi connectivity index (χ0) is 15.7. The quantitative estimate of drug-likeness (QED) is 0.622. The molecule has 0 aromatic heterocycles. The van der Waals surface area contributed by atoms with Gasteiger partial charge in [-0.3, -0.25) is 14.5 Å². The number of rotatable bonds is 2. The lowest BCUT2D eigenvalue weighted by Crippen LogP contribution is -2.40. The largest absolute Gasteiger partial charge is 0.359 e. The standard InChI is InChI=1S/C18H19NO3/c1-11(12-7-5-4-6-8-12)19-15(20)13-14(16(19)21)18(3)10-9-17(13,2)22-18/h4-11,13-14H,1-3H3/t11-,13-,14-,17-,18-/m1/s1. The van der Waals surface area contributed by atoms with Crippen molar-refractivity contribution in [1.82, 2.24) is 4.90 Å². The maximum atomic E-state index is 12.9. The fourth-order valence-electron chi connectivity index (χ4n) is 4.32. The number of ether oxygens (including phenoxy) is 1. The molecule has 0 aliphatic carbocycles. The van der Waals surface area contributed by atoms with Crippen molar-refractivity contribution in [3.05, 3.63) is 48.0 Å². The minimum absolute atomic E-state index is 0.109. The Balaban J connectivity index is 1.74. The van der Waals surface area contributed by atoms with Gasteiger partial charge < -0.3 is 4.74 Å². The summed E-state index contributed by atoms with van der Waals surface area (Å²) < 4.78 is 6.01. The molecule has 2 amide bonds. The van der Waals surface area contributed by atoms with E-state index in [4.69, 9.17) is 4.74 Å². The minimum atomic E-state index is -0.655. The molecule has 3 aliphatic rings. The first kappa shape index (κ1) is 13.7. The van der Waals surface area contributed by atoms with Gasteiger partial charge in [-0.15, -0.1) is 0 Å². The fraction of sp³-hybridized carbons (Fsp3) is 0.444. The Morgan fingerprint density at radius 2 is 1.50 bits per heavy atom. The molecule has 4 rings (SSSR count). The number of benzene rings is 1. The molecule has 22 heavy (non-hydrogen) atoms. The molecule has 2 fully saturated rings. The molecule has 3 heterocycles. The van der Waals surface area contributed by atoms with Gasteiger partial charge in [0, 0.05) is 0 Å². The minimum Gasteiger partial charge on any atom is -0.359 e. The van der Waals surface area contributed by atoms with Crippen molar-refractivity contribution in [2.24, 2.45) is 11.8 Å². The molecule has 3 aliphatic heterocycles. The maximum absolute atomic E-state index is 12.9. The Kier molecular flexibility index (Phi) is 2.54. The summed E-state index contributed by atoms with van der Waals surface area (Å²) in [5.74, 6) is -1.02. The number of nitrogens with zero attached hydrogens (tertiary/aromatic N) is 1. The van der Waals surface area contributed by atoms with Crippen LogP contribution < -0.4 is 0 Å². The average molecular weight is 297 g/mol. The van der Waals surface area contributed by atoms with E-state index >= 15 is 0 Å². The van der Waals surface area contributed by atoms with Gasteiger partial charge in [-0.05, 0) is 26.3 Å². The molecule has 5 atom stereocenters. The second-order valence-corrected chi connectivity index (χ2v) is 6.89. The molecule has 0 spiro atoms. The number of likely N-dealkylation sites (tertiary alicyclic amines) is 1. The molecule has 0 radical (unpaired) electrons. The third-order valence-corrected chi connectivity index (χ3v) is 5.43. The van der Waals surface area contributed by atoms with Gasteiger partial charge in [-0.25, -0.2) is 0 Å². The van der Waals surface area contributed by atoms with Crippen LogP contribution >= 0.6 is 0 Å². The zero-order valence-electron chi connectivity index (χ0n) is 12.9. The Bertz CT molecular complexity index is 662. The highest BCUT2D eigenvalue weighted by Gasteiger charge is 2.70. The van der Waals surface area contributed by atoms with Crippen LogP contribution in [0.25, 0.3) is 0 Å². The van der Waals surface area contributed by atoms with Gasteiger partial charge in [-0.2, -0.15) is 0 Å². The van der Waals surface area contributed by atoms with Crippen molar-refractivity contribution in [3.63, 3.8) is 0 Å². The van der Waals surface area contributed by atoms with E-state index in [1.54, 1.807) is 0 Å². The first-order chi connectivity index (χ1) is 10.4. The summed E-state index contributed by atoms with van der Waals surface area (Å²) in [5, 5.41) is 0. The normalized spacial score (nSPS) is 40.4. The highest BCUT2D eigenvalue weighted by Crippen LogP contribution is 2.57. The molecule has 114 valence electrons. The lowest BCUT2D eigenvalue weighted by atomic mass is 9.73. The summed E-state index contributed by atoms with van der Waals surface area (Å²) in [4.78, 5) is 27.3. The first-order valence-electron chi connectivity index (χ1n) is 7.70. The predicted molar refractivity (Wildman–Crippen MR) is 80.7 cm³/mol. The van der Waals surface area contributed by atoms with Crippen LogP contribution in [0.1, 0.15) is 32.4 Å². The maximum Gasteiger partial charge on any atom is 0.237 e. The van der Waals surface area contributed by atoms with Crippen molar-refractivity contribution < 1.29 is 14.3 Å². The molecule has 0 unspecified atom stereocenters. The molecule has 1 aromatic rings. The van der Waals surface area contributed by atoms with Gasteiger partial charge in [0.2, 0.25) is 11.8 Å². The van der Waals surface area contributed by atoms with Crippen LogP contribution in [-0.2, 0) is 14.3 Å². The van der Waals surface area contributed by atoms with Gasteiger partial charge in [0.05, 0.1) is 29.1 Å². The van der Waals surface area contributed by atoms with Gasteiger partial charge >= 0.3 is 0 Å². The second kappa shape index (κ2) is 4.07. The second-order valence-electron chi connectivity index (χ2n) is 6.89. The number of hydrogen-bond donors (Lipinski definition) is 0. The van der Waals surface area contributed by atoms with E-state index in [1.165, 1.54) is 4.90 Å². The Hall–Kier alpha value is -1.94. The average Bonchev–Trinajstić information content (AvgIpc) is 3.04. The molecule has 0 saturated carbocycles. The van der Waals surface area contributed by atoms with E-state index in [1.807, 2.05) is 63.3 Å². The van der Waals surface area contributed by atoms with E-state index in [0.717, 1.165) is 5.56 Å². The Morgan fingerprint density at radius 1 is 1.00 bits per heavy atom. The van der Waals surface area contributed by atoms with E-state index < -0.39 is 23.0 Å². The van der Waals surface area contributed by atoms with E-state index in [0.29, 0.717) is 0 Å². The summed E-state index contributed by atoms with van der Waals surface area (Å²) in [6, 6.07) is 9.43. The SMILES string of the molecule is C[C@H](c1ccccc1)N1C(=O)[C@H]2[C@H](C1=O)[C@@]1(C)C=C[C@@]2(C)O1. The van der Waals surface area contributed by atoms with Gasteiger partial charge in [0.15, 0.2) is 0 Å². The number of fused-ring (bicyclic) bond motifs is 5. The van der Waals surface area contributed by atoms with Gasteiger partial charge in [0.1, 0.15) is 0 Å². The van der Waals surface area contributed by atoms with Crippen molar-refractivity contribution in [2.75, 3.05) is 0 Å². The van der Waals surface area contributed by atoms with E-state index in [-0.39, 0.29) is 17.9 Å². The molecule has 4 nitrogen and oxygen atoms in total. The number of amides is 2. The third-order valence-electron chi connectivity index (χ3n) is 5.43. The van der Waals surface area contributed by atoms with Gasteiger partial charge in [0.25, 0.3) is 0 Å². The highest BCUT2D eigenvalue weighted by molar-refractivity contribution is 6.08. The van der Waals surface area contributed by atoms with Crippen LogP contribution in [-0.4, -0.2) is 27.9 Å². The van der Waals surface area contributed by atoms with Crippen molar-refractivity contribution in [2.45, 2.75) is 38.0 Å². The zero-order valence-corrected chi connectivity index (χ0v) is 12.9. The van der Waals surface area contributed by atoms with Crippen LogP contribution in [0.2, 0.25) is 0 Å². The molecule has 2 bridgehead atoms. The number of carbonyl (C=O) groups is 2. The van der Waals surface area contributed by atoms with Gasteiger partial charge in [-0.1, -0.05) is 42.5 Å². The predicted octanol–water partition coefficient (Wildman–Crippen LogP) is 2.47. The molecular weight excluding hydrogens is 278 g/mol. The molecular formula is C18H19NO3. The molecule has 4 heteroatoms. The summed E-state index contributed by atoms with van der Waals surface area (Å²) in [6.07, 6.45) is 3.88. The fourth-order valence-corrected chi connectivity index (χ4v) is 4.32. The highest BCUT2D eigenvalue weighted by atomic mass is 16.5. The molecule has 1 aromatic carbocycles. The monoisotopic (exact) mass is 297 g/mol. The van der Waals surface area contributed by atoms with Crippen LogP contribution in [0.15, 0.2) is 42.5 Å². The van der Waals surface area contributed by atoms with Crippen LogP contribution in [0.3, 0.4) is 0 Å². The number of imide groups is 1. The molecule has 0 N–H and O–H groups in total.